The summed E-state index contributed by atoms with van der Waals surface area (Å²) in [6.07, 6.45) is 2.09. The van der Waals surface area contributed by atoms with Crippen molar-refractivity contribution in [3.8, 4) is 0 Å². The van der Waals surface area contributed by atoms with E-state index in [1.165, 1.54) is 0 Å². The first-order valence-corrected chi connectivity index (χ1v) is 10.5. The number of hydrogen-bond acceptors (Lipinski definition) is 7. The van der Waals surface area contributed by atoms with E-state index in [1.807, 2.05) is 24.3 Å². The van der Waals surface area contributed by atoms with Crippen molar-refractivity contribution in [2.45, 2.75) is 17.9 Å². The molecule has 0 saturated carbocycles. The summed E-state index contributed by atoms with van der Waals surface area (Å²) in [5.74, 6) is 1.21. The Bertz CT molecular complexity index is 1200. The van der Waals surface area contributed by atoms with Crippen molar-refractivity contribution in [3.63, 3.8) is 0 Å². The highest BCUT2D eigenvalue weighted by atomic mass is 32.2. The number of nitrogens with zero attached hydrogens (tertiary/aromatic N) is 5. The Morgan fingerprint density at radius 1 is 0.931 bits per heavy atom. The Morgan fingerprint density at radius 3 is 2.55 bits per heavy atom. The number of hydrogen-bond donors (Lipinski definition) is 2. The van der Waals surface area contributed by atoms with Gasteiger partial charge in [-0.3, -0.25) is 4.98 Å². The minimum atomic E-state index is -3.56. The third-order valence-electron chi connectivity index (χ3n) is 4.20. The highest BCUT2D eigenvalue weighted by Gasteiger charge is 2.14. The van der Waals surface area contributed by atoms with E-state index in [0.717, 1.165) is 5.69 Å². The second kappa shape index (κ2) is 8.33. The first-order chi connectivity index (χ1) is 14.1. The molecule has 0 atom stereocenters. The molecule has 9 nitrogen and oxygen atoms in total. The zero-order chi connectivity index (χ0) is 20.1. The van der Waals surface area contributed by atoms with E-state index < -0.39 is 10.0 Å². The molecule has 2 N–H and O–H groups in total. The maximum Gasteiger partial charge on any atom is 0.240 e. The van der Waals surface area contributed by atoms with Crippen LogP contribution in [0.25, 0.3) is 5.65 Å². The topological polar surface area (TPSA) is 114 Å². The van der Waals surface area contributed by atoms with Crippen LogP contribution in [-0.4, -0.2) is 39.8 Å². The van der Waals surface area contributed by atoms with E-state index in [9.17, 15) is 8.42 Å². The molecule has 4 rings (SSSR count). The lowest BCUT2D eigenvalue weighted by Crippen LogP contribution is -2.26. The van der Waals surface area contributed by atoms with Gasteiger partial charge >= 0.3 is 0 Å². The largest absolute Gasteiger partial charge is 0.363 e. The average Bonchev–Trinajstić information content (AvgIpc) is 3.16. The van der Waals surface area contributed by atoms with Gasteiger partial charge in [-0.05, 0) is 36.4 Å². The predicted octanol–water partition coefficient (Wildman–Crippen LogP) is 1.65. The van der Waals surface area contributed by atoms with Crippen molar-refractivity contribution < 1.29 is 8.42 Å². The summed E-state index contributed by atoms with van der Waals surface area (Å²) < 4.78 is 28.8. The first-order valence-electron chi connectivity index (χ1n) is 9.02. The van der Waals surface area contributed by atoms with Crippen molar-refractivity contribution >= 4 is 21.5 Å². The van der Waals surface area contributed by atoms with Gasteiger partial charge in [0.15, 0.2) is 11.5 Å². The maximum absolute atomic E-state index is 12.3. The number of benzene rings is 1. The summed E-state index contributed by atoms with van der Waals surface area (Å²) in [4.78, 5) is 4.49. The summed E-state index contributed by atoms with van der Waals surface area (Å²) in [6, 6.07) is 17.6. The average molecular weight is 409 g/mol. The molecular formula is C19H19N7O2S. The van der Waals surface area contributed by atoms with Gasteiger partial charge in [-0.1, -0.05) is 24.3 Å². The summed E-state index contributed by atoms with van der Waals surface area (Å²) >= 11 is 0. The summed E-state index contributed by atoms with van der Waals surface area (Å²) in [5.41, 5.74) is 1.49. The molecule has 0 saturated heterocycles. The molecule has 3 aromatic heterocycles. The molecule has 1 aromatic carbocycles. The van der Waals surface area contributed by atoms with Crippen LogP contribution in [-0.2, 0) is 23.0 Å². The Kier molecular flexibility index (Phi) is 5.45. The lowest BCUT2D eigenvalue weighted by atomic mass is 10.3. The van der Waals surface area contributed by atoms with Crippen LogP contribution in [0.5, 0.6) is 0 Å². The second-order valence-electron chi connectivity index (χ2n) is 6.24. The number of rotatable bonds is 8. The smallest absolute Gasteiger partial charge is 0.240 e. The molecule has 4 aromatic rings. The third kappa shape index (κ3) is 4.55. The summed E-state index contributed by atoms with van der Waals surface area (Å²) in [5, 5.41) is 15.9. The van der Waals surface area contributed by atoms with Gasteiger partial charge in [0, 0.05) is 19.2 Å². The summed E-state index contributed by atoms with van der Waals surface area (Å²) in [7, 11) is -3.56. The Hall–Kier alpha value is -3.37. The van der Waals surface area contributed by atoms with Crippen molar-refractivity contribution in [1.82, 2.24) is 29.5 Å². The second-order valence-corrected chi connectivity index (χ2v) is 8.01. The Labute approximate surface area is 167 Å². The zero-order valence-electron chi connectivity index (χ0n) is 15.4. The summed E-state index contributed by atoms with van der Waals surface area (Å²) in [6.45, 7) is 0.721. The molecule has 0 aliphatic heterocycles. The van der Waals surface area contributed by atoms with Crippen LogP contribution >= 0.6 is 0 Å². The van der Waals surface area contributed by atoms with Gasteiger partial charge in [-0.25, -0.2) is 13.1 Å². The van der Waals surface area contributed by atoms with Crippen molar-refractivity contribution in [2.75, 3.05) is 11.9 Å². The maximum atomic E-state index is 12.3. The van der Waals surface area contributed by atoms with E-state index in [0.29, 0.717) is 30.3 Å². The van der Waals surface area contributed by atoms with Gasteiger partial charge < -0.3 is 5.32 Å². The molecule has 29 heavy (non-hydrogen) atoms. The monoisotopic (exact) mass is 409 g/mol. The van der Waals surface area contributed by atoms with Gasteiger partial charge in [0.2, 0.25) is 10.0 Å². The van der Waals surface area contributed by atoms with E-state index in [2.05, 4.69) is 30.3 Å². The number of sulfonamides is 1. The van der Waals surface area contributed by atoms with E-state index in [1.54, 1.807) is 47.1 Å². The number of aromatic nitrogens is 5. The van der Waals surface area contributed by atoms with Crippen molar-refractivity contribution in [1.29, 1.82) is 0 Å². The Balaban J connectivity index is 1.42. The molecule has 0 aliphatic carbocycles. The highest BCUT2D eigenvalue weighted by molar-refractivity contribution is 7.89. The highest BCUT2D eigenvalue weighted by Crippen LogP contribution is 2.10. The molecule has 0 amide bonds. The van der Waals surface area contributed by atoms with Crippen LogP contribution in [0.1, 0.15) is 11.5 Å². The number of nitrogens with one attached hydrogen (secondary N) is 2. The minimum Gasteiger partial charge on any atom is -0.363 e. The molecule has 0 unspecified atom stereocenters. The zero-order valence-corrected chi connectivity index (χ0v) is 16.2. The van der Waals surface area contributed by atoms with Gasteiger partial charge in [0.05, 0.1) is 17.1 Å². The quantitative estimate of drug-likeness (QED) is 0.455. The van der Waals surface area contributed by atoms with Gasteiger partial charge in [-0.2, -0.15) is 4.52 Å². The van der Waals surface area contributed by atoms with Crippen LogP contribution in [0.4, 0.5) is 5.82 Å². The normalized spacial score (nSPS) is 11.6. The van der Waals surface area contributed by atoms with Crippen LogP contribution in [0.3, 0.4) is 0 Å². The van der Waals surface area contributed by atoms with E-state index in [-0.39, 0.29) is 11.4 Å². The SMILES string of the molecule is O=S(=O)(NCCc1nnc2ccc(NCc3ccccn3)nn12)c1ccccc1. The standard InChI is InChI=1S/C19H19N7O2S/c27-29(28,16-7-2-1-3-8-16)22-13-11-19-24-23-18-10-9-17(25-26(18)19)21-14-15-6-4-5-12-20-15/h1-10,12,22H,11,13-14H2,(H,21,25). The molecule has 0 bridgehead atoms. The molecule has 0 spiro atoms. The third-order valence-corrected chi connectivity index (χ3v) is 5.68. The van der Waals surface area contributed by atoms with Gasteiger partial charge in [-0.15, -0.1) is 15.3 Å². The molecular weight excluding hydrogens is 390 g/mol. The fraction of sp³-hybridized carbons (Fsp3) is 0.158. The van der Waals surface area contributed by atoms with Crippen LogP contribution in [0, 0.1) is 0 Å². The fourth-order valence-electron chi connectivity index (χ4n) is 2.75. The lowest BCUT2D eigenvalue weighted by Gasteiger charge is -2.07. The number of anilines is 1. The van der Waals surface area contributed by atoms with Crippen LogP contribution < -0.4 is 10.0 Å². The molecule has 0 radical (unpaired) electrons. The molecule has 10 heteroatoms. The van der Waals surface area contributed by atoms with Crippen molar-refractivity contribution in [3.05, 3.63) is 78.4 Å². The minimum absolute atomic E-state index is 0.186. The fourth-order valence-corrected chi connectivity index (χ4v) is 3.80. The molecule has 0 aliphatic rings. The first kappa shape index (κ1) is 19.0. The van der Waals surface area contributed by atoms with Gasteiger partial charge in [0.25, 0.3) is 0 Å². The lowest BCUT2D eigenvalue weighted by molar-refractivity contribution is 0.580. The Morgan fingerprint density at radius 2 is 1.76 bits per heavy atom. The van der Waals surface area contributed by atoms with Crippen molar-refractivity contribution in [2.24, 2.45) is 0 Å². The number of pyridine rings is 1. The van der Waals surface area contributed by atoms with Gasteiger partial charge in [0.1, 0.15) is 5.82 Å². The van der Waals surface area contributed by atoms with Crippen LogP contribution in [0.15, 0.2) is 71.8 Å². The molecule has 0 fully saturated rings. The van der Waals surface area contributed by atoms with E-state index >= 15 is 0 Å². The molecule has 148 valence electrons. The van der Waals surface area contributed by atoms with Crippen LogP contribution in [0.2, 0.25) is 0 Å². The van der Waals surface area contributed by atoms with E-state index in [4.69, 9.17) is 0 Å². The molecule has 3 heterocycles. The predicted molar refractivity (Wildman–Crippen MR) is 108 cm³/mol. The number of fused-ring (bicyclic) bond motifs is 1.